The zero-order valence-electron chi connectivity index (χ0n) is 10.4. The van der Waals surface area contributed by atoms with Crippen molar-refractivity contribution in [3.05, 3.63) is 30.3 Å². The summed E-state index contributed by atoms with van der Waals surface area (Å²) in [7, 11) is 0. The van der Waals surface area contributed by atoms with Crippen LogP contribution in [-0.2, 0) is 4.79 Å². The largest absolute Gasteiger partial charge is 0.395 e. The van der Waals surface area contributed by atoms with Gasteiger partial charge < -0.3 is 10.0 Å². The van der Waals surface area contributed by atoms with Gasteiger partial charge in [-0.3, -0.25) is 4.79 Å². The first-order chi connectivity index (χ1) is 8.29. The fourth-order valence-corrected chi connectivity index (χ4v) is 1.77. The summed E-state index contributed by atoms with van der Waals surface area (Å²) in [5, 5.41) is 9.02. The van der Waals surface area contributed by atoms with Crippen molar-refractivity contribution >= 4 is 11.6 Å². The van der Waals surface area contributed by atoms with Gasteiger partial charge in [0.1, 0.15) is 0 Å². The molecule has 0 heterocycles. The molecule has 0 saturated carbocycles. The van der Waals surface area contributed by atoms with Gasteiger partial charge in [0, 0.05) is 18.7 Å². The van der Waals surface area contributed by atoms with Crippen LogP contribution in [0.15, 0.2) is 30.3 Å². The summed E-state index contributed by atoms with van der Waals surface area (Å²) in [4.78, 5) is 13.7. The van der Waals surface area contributed by atoms with Gasteiger partial charge in [-0.2, -0.15) is 0 Å². The molecule has 17 heavy (non-hydrogen) atoms. The average molecular weight is 235 g/mol. The summed E-state index contributed by atoms with van der Waals surface area (Å²) < 4.78 is 0. The van der Waals surface area contributed by atoms with Crippen molar-refractivity contribution in [1.29, 1.82) is 0 Å². The molecular formula is C14H21NO2. The monoisotopic (exact) mass is 235 g/mol. The SMILES string of the molecule is CCCCCC(=O)N(CCO)c1ccccc1. The molecule has 1 rings (SSSR count). The summed E-state index contributed by atoms with van der Waals surface area (Å²) in [6.07, 6.45) is 3.67. The summed E-state index contributed by atoms with van der Waals surface area (Å²) in [5.41, 5.74) is 0.864. The first kappa shape index (κ1) is 13.7. The molecule has 0 aliphatic heterocycles. The second kappa shape index (κ2) is 7.85. The van der Waals surface area contributed by atoms with E-state index in [0.29, 0.717) is 13.0 Å². The Morgan fingerprint density at radius 1 is 1.24 bits per heavy atom. The number of anilines is 1. The first-order valence-corrected chi connectivity index (χ1v) is 6.26. The molecule has 1 aromatic carbocycles. The Hall–Kier alpha value is -1.35. The number of benzene rings is 1. The molecule has 0 bridgehead atoms. The van der Waals surface area contributed by atoms with Gasteiger partial charge in [0.2, 0.25) is 5.91 Å². The van der Waals surface area contributed by atoms with Crippen molar-refractivity contribution in [2.24, 2.45) is 0 Å². The minimum Gasteiger partial charge on any atom is -0.395 e. The highest BCUT2D eigenvalue weighted by molar-refractivity contribution is 5.93. The van der Waals surface area contributed by atoms with Crippen molar-refractivity contribution in [3.63, 3.8) is 0 Å². The van der Waals surface area contributed by atoms with E-state index in [1.54, 1.807) is 4.90 Å². The van der Waals surface area contributed by atoms with Crippen LogP contribution in [0.4, 0.5) is 5.69 Å². The van der Waals surface area contributed by atoms with Crippen LogP contribution in [0.2, 0.25) is 0 Å². The highest BCUT2D eigenvalue weighted by atomic mass is 16.3. The van der Waals surface area contributed by atoms with Gasteiger partial charge in [-0.15, -0.1) is 0 Å². The predicted molar refractivity (Wildman–Crippen MR) is 70.0 cm³/mol. The highest BCUT2D eigenvalue weighted by Crippen LogP contribution is 2.15. The van der Waals surface area contributed by atoms with Crippen LogP contribution in [0, 0.1) is 0 Å². The molecule has 0 fully saturated rings. The number of hydrogen-bond donors (Lipinski definition) is 1. The van der Waals surface area contributed by atoms with E-state index < -0.39 is 0 Å². The lowest BCUT2D eigenvalue weighted by Gasteiger charge is -2.21. The van der Waals surface area contributed by atoms with Crippen molar-refractivity contribution in [2.75, 3.05) is 18.1 Å². The second-order valence-corrected chi connectivity index (χ2v) is 4.06. The Balaban J connectivity index is 2.62. The van der Waals surface area contributed by atoms with Crippen LogP contribution in [0.25, 0.3) is 0 Å². The standard InChI is InChI=1S/C14H21NO2/c1-2-3-5-10-14(17)15(11-12-16)13-8-6-4-7-9-13/h4,6-9,16H,2-3,5,10-12H2,1H3. The Bertz CT molecular complexity index is 324. The molecule has 1 N–H and O–H groups in total. The first-order valence-electron chi connectivity index (χ1n) is 6.26. The molecule has 0 unspecified atom stereocenters. The minimum atomic E-state index is -0.00554. The number of aliphatic hydroxyl groups excluding tert-OH is 1. The Morgan fingerprint density at radius 2 is 1.94 bits per heavy atom. The van der Waals surface area contributed by atoms with E-state index in [0.717, 1.165) is 24.9 Å². The van der Waals surface area contributed by atoms with Gasteiger partial charge >= 0.3 is 0 Å². The molecule has 0 atom stereocenters. The number of unbranched alkanes of at least 4 members (excludes halogenated alkanes) is 2. The zero-order chi connectivity index (χ0) is 12.5. The number of carbonyl (C=O) groups excluding carboxylic acids is 1. The van der Waals surface area contributed by atoms with E-state index in [-0.39, 0.29) is 12.5 Å². The molecule has 1 amide bonds. The minimum absolute atomic E-state index is 0.00554. The topological polar surface area (TPSA) is 40.5 Å². The van der Waals surface area contributed by atoms with Crippen LogP contribution >= 0.6 is 0 Å². The molecule has 0 saturated heterocycles. The maximum Gasteiger partial charge on any atom is 0.227 e. The molecular weight excluding hydrogens is 214 g/mol. The Kier molecular flexibility index (Phi) is 6.33. The average Bonchev–Trinajstić information content (AvgIpc) is 2.37. The van der Waals surface area contributed by atoms with Crippen molar-refractivity contribution < 1.29 is 9.90 Å². The molecule has 1 aromatic rings. The molecule has 0 aliphatic carbocycles. The van der Waals surface area contributed by atoms with E-state index >= 15 is 0 Å². The van der Waals surface area contributed by atoms with Gasteiger partial charge in [-0.1, -0.05) is 38.0 Å². The second-order valence-electron chi connectivity index (χ2n) is 4.06. The summed E-state index contributed by atoms with van der Waals surface area (Å²) >= 11 is 0. The number of hydrogen-bond acceptors (Lipinski definition) is 2. The maximum absolute atomic E-state index is 12.0. The van der Waals surface area contributed by atoms with Gasteiger partial charge in [-0.05, 0) is 18.6 Å². The predicted octanol–water partition coefficient (Wildman–Crippen LogP) is 2.59. The number of rotatable bonds is 7. The highest BCUT2D eigenvalue weighted by Gasteiger charge is 2.13. The lowest BCUT2D eigenvalue weighted by Crippen LogP contribution is -2.33. The quantitative estimate of drug-likeness (QED) is 0.738. The molecule has 3 nitrogen and oxygen atoms in total. The fourth-order valence-electron chi connectivity index (χ4n) is 1.77. The molecule has 0 aromatic heterocycles. The number of amides is 1. The van der Waals surface area contributed by atoms with E-state index in [1.807, 2.05) is 30.3 Å². The third-order valence-electron chi connectivity index (χ3n) is 2.69. The van der Waals surface area contributed by atoms with Crippen LogP contribution in [0.5, 0.6) is 0 Å². The van der Waals surface area contributed by atoms with Crippen LogP contribution in [0.3, 0.4) is 0 Å². The van der Waals surface area contributed by atoms with Gasteiger partial charge in [-0.25, -0.2) is 0 Å². The number of para-hydroxylation sites is 1. The Labute approximate surface area is 103 Å². The number of aliphatic hydroxyl groups is 1. The van der Waals surface area contributed by atoms with Crippen molar-refractivity contribution in [2.45, 2.75) is 32.6 Å². The zero-order valence-corrected chi connectivity index (χ0v) is 10.4. The molecule has 0 spiro atoms. The third-order valence-corrected chi connectivity index (χ3v) is 2.69. The van der Waals surface area contributed by atoms with Crippen LogP contribution in [0.1, 0.15) is 32.6 Å². The van der Waals surface area contributed by atoms with E-state index in [9.17, 15) is 4.79 Å². The summed E-state index contributed by atoms with van der Waals surface area (Å²) in [6.45, 7) is 2.48. The van der Waals surface area contributed by atoms with Gasteiger partial charge in [0.05, 0.1) is 6.61 Å². The third kappa shape index (κ3) is 4.57. The number of nitrogens with zero attached hydrogens (tertiary/aromatic N) is 1. The van der Waals surface area contributed by atoms with Gasteiger partial charge in [0.25, 0.3) is 0 Å². The lowest BCUT2D eigenvalue weighted by molar-refractivity contribution is -0.118. The smallest absolute Gasteiger partial charge is 0.227 e. The molecule has 0 aliphatic rings. The normalized spacial score (nSPS) is 10.2. The van der Waals surface area contributed by atoms with E-state index in [1.165, 1.54) is 0 Å². The van der Waals surface area contributed by atoms with E-state index in [2.05, 4.69) is 6.92 Å². The van der Waals surface area contributed by atoms with E-state index in [4.69, 9.17) is 5.11 Å². The molecule has 94 valence electrons. The Morgan fingerprint density at radius 3 is 2.53 bits per heavy atom. The van der Waals surface area contributed by atoms with Crippen molar-refractivity contribution in [3.8, 4) is 0 Å². The van der Waals surface area contributed by atoms with Crippen LogP contribution in [-0.4, -0.2) is 24.2 Å². The lowest BCUT2D eigenvalue weighted by atomic mass is 10.2. The molecule has 0 radical (unpaired) electrons. The summed E-state index contributed by atoms with van der Waals surface area (Å²) in [6, 6.07) is 9.51. The fraction of sp³-hybridized carbons (Fsp3) is 0.500. The van der Waals surface area contributed by atoms with Crippen molar-refractivity contribution in [1.82, 2.24) is 0 Å². The number of carbonyl (C=O) groups is 1. The summed E-state index contributed by atoms with van der Waals surface area (Å²) in [5.74, 6) is 0.0960. The van der Waals surface area contributed by atoms with Crippen LogP contribution < -0.4 is 4.90 Å². The maximum atomic E-state index is 12.0. The molecule has 3 heteroatoms. The van der Waals surface area contributed by atoms with Gasteiger partial charge in [0.15, 0.2) is 0 Å².